The Bertz CT molecular complexity index is 4640. The molecule has 0 spiro atoms. The Morgan fingerprint density at radius 1 is 0.389 bits per heavy atom. The van der Waals surface area contributed by atoms with Crippen molar-refractivity contribution in [1.82, 2.24) is 13.7 Å². The molecule has 0 saturated heterocycles. The molecule has 2 aliphatic carbocycles. The second-order valence-electron chi connectivity index (χ2n) is 20.0. The van der Waals surface area contributed by atoms with E-state index in [1.807, 2.05) is 0 Å². The van der Waals surface area contributed by atoms with E-state index in [9.17, 15) is 0 Å². The number of allylic oxidation sites excluding steroid dienone is 2. The normalized spacial score (nSPS) is 14.6. The summed E-state index contributed by atoms with van der Waals surface area (Å²) >= 11 is 0. The van der Waals surface area contributed by atoms with Crippen molar-refractivity contribution in [1.29, 1.82) is 0 Å². The van der Waals surface area contributed by atoms with Crippen LogP contribution in [-0.2, 0) is 6.42 Å². The van der Waals surface area contributed by atoms with Gasteiger partial charge in [0, 0.05) is 77.1 Å². The molecule has 0 aliphatic heterocycles. The predicted molar refractivity (Wildman–Crippen MR) is 299 cm³/mol. The molecule has 0 fully saturated rings. The maximum atomic E-state index is 6.62. The van der Waals surface area contributed by atoms with Crippen molar-refractivity contribution in [3.05, 3.63) is 223 Å². The van der Waals surface area contributed by atoms with Crippen LogP contribution in [0.15, 0.2) is 209 Å². The first-order valence-corrected chi connectivity index (χ1v) is 25.3. The van der Waals surface area contributed by atoms with Crippen molar-refractivity contribution >= 4 is 99.6 Å². The molecule has 0 bridgehead atoms. The van der Waals surface area contributed by atoms with Crippen molar-refractivity contribution in [2.75, 3.05) is 0 Å². The molecule has 340 valence electrons. The molecule has 0 amide bonds. The largest absolute Gasteiger partial charge is 0.456 e. The zero-order valence-corrected chi connectivity index (χ0v) is 39.6. The van der Waals surface area contributed by atoms with E-state index in [0.29, 0.717) is 5.92 Å². The van der Waals surface area contributed by atoms with Crippen LogP contribution in [0.3, 0.4) is 0 Å². The Kier molecular flexibility index (Phi) is 8.27. The molecule has 14 aromatic rings. The summed E-state index contributed by atoms with van der Waals surface area (Å²) in [6.07, 6.45) is 12.3. The molecule has 5 heteroatoms. The summed E-state index contributed by atoms with van der Waals surface area (Å²) in [6.45, 7) is 2.35. The third-order valence-corrected chi connectivity index (χ3v) is 15.9. The molecule has 1 atom stereocenters. The highest BCUT2D eigenvalue weighted by Crippen LogP contribution is 2.44. The zero-order valence-electron chi connectivity index (χ0n) is 39.6. The number of hydrogen-bond acceptors (Lipinski definition) is 2. The van der Waals surface area contributed by atoms with Crippen molar-refractivity contribution in [2.45, 2.75) is 32.1 Å². The first kappa shape index (κ1) is 39.8. The van der Waals surface area contributed by atoms with Crippen molar-refractivity contribution in [3.8, 4) is 39.3 Å². The van der Waals surface area contributed by atoms with Crippen molar-refractivity contribution in [2.24, 2.45) is 0 Å². The molecule has 1 unspecified atom stereocenters. The average molecular weight is 924 g/mol. The smallest absolute Gasteiger partial charge is 0.135 e. The van der Waals surface area contributed by atoms with Crippen LogP contribution in [0.25, 0.3) is 139 Å². The van der Waals surface area contributed by atoms with Gasteiger partial charge in [0.15, 0.2) is 0 Å². The fourth-order valence-corrected chi connectivity index (χ4v) is 12.7. The predicted octanol–water partition coefficient (Wildman–Crippen LogP) is 18.3. The summed E-state index contributed by atoms with van der Waals surface area (Å²) in [7, 11) is 0. The minimum Gasteiger partial charge on any atom is -0.456 e. The molecule has 5 aromatic heterocycles. The van der Waals surface area contributed by atoms with E-state index in [4.69, 9.17) is 8.83 Å². The molecular weight excluding hydrogens is 879 g/mol. The van der Waals surface area contributed by atoms with E-state index >= 15 is 0 Å². The summed E-state index contributed by atoms with van der Waals surface area (Å²) in [5.74, 6) is 0.454. The fraction of sp³-hybridized carbons (Fsp3) is 0.0746. The number of rotatable bonds is 5. The van der Waals surface area contributed by atoms with Gasteiger partial charge >= 0.3 is 0 Å². The summed E-state index contributed by atoms with van der Waals surface area (Å²) in [5.41, 5.74) is 21.7. The number of aromatic nitrogens is 3. The van der Waals surface area contributed by atoms with E-state index in [-0.39, 0.29) is 0 Å². The SMILES string of the molecule is CC1CC=Cc2c1c1ccccc1n2-c1ccc2oc3ccc(-c4cc(-c5ccc6oc7ccc(-n8c9ccccc9c9ccccc98)cc7c6c5)cc(-n5c6c(c7ccccc75)C=CCC6)c4)cc3c2c1. The lowest BCUT2D eigenvalue weighted by Gasteiger charge is -2.17. The molecule has 16 rings (SSSR count). The number of para-hydroxylation sites is 4. The molecule has 72 heavy (non-hydrogen) atoms. The Hall–Kier alpha value is -9.06. The van der Waals surface area contributed by atoms with Crippen LogP contribution in [0.2, 0.25) is 0 Å². The van der Waals surface area contributed by atoms with Gasteiger partial charge < -0.3 is 22.5 Å². The highest BCUT2D eigenvalue weighted by atomic mass is 16.3. The second kappa shape index (κ2) is 15.0. The average Bonchev–Trinajstić information content (AvgIpc) is 4.24. The lowest BCUT2D eigenvalue weighted by atomic mass is 9.91. The summed E-state index contributed by atoms with van der Waals surface area (Å²) in [6, 6.07) is 69.0. The number of furan rings is 2. The number of fused-ring (bicyclic) bond motifs is 15. The van der Waals surface area contributed by atoms with Crippen LogP contribution in [0.5, 0.6) is 0 Å². The number of hydrogen-bond donors (Lipinski definition) is 0. The van der Waals surface area contributed by atoms with E-state index in [1.54, 1.807) is 0 Å². The first-order chi connectivity index (χ1) is 35.6. The van der Waals surface area contributed by atoms with Crippen LogP contribution < -0.4 is 0 Å². The number of nitrogens with zero attached hydrogens (tertiary/aromatic N) is 3. The standard InChI is InChI=1S/C67H45N3O2/c1-40-13-12-24-62-67(40)52-18-6-11-23-61(52)69(62)46-28-32-66-56(39-46)54-37-42(26-30-64(54)72-66)44-33-43(34-47(35-44)70-59-21-9-4-16-50(59)51-17-5-10-22-60(51)70)41-25-29-63-53(36-41)55-38-45(27-31-65(55)71-63)68-57-19-7-2-14-48(57)49-15-3-8-20-58(49)68/h2-9,11-12,14-21,23-40H,10,13,22H2,1H3. The van der Waals surface area contributed by atoms with Gasteiger partial charge in [0.2, 0.25) is 0 Å². The lowest BCUT2D eigenvalue weighted by Crippen LogP contribution is -2.03. The second-order valence-corrected chi connectivity index (χ2v) is 20.0. The highest BCUT2D eigenvalue weighted by Gasteiger charge is 2.25. The van der Waals surface area contributed by atoms with Crippen LogP contribution in [0.1, 0.15) is 48.2 Å². The Labute approximate surface area is 414 Å². The lowest BCUT2D eigenvalue weighted by molar-refractivity contribution is 0.668. The van der Waals surface area contributed by atoms with Crippen LogP contribution in [-0.4, -0.2) is 13.7 Å². The summed E-state index contributed by atoms with van der Waals surface area (Å²) < 4.78 is 20.6. The monoisotopic (exact) mass is 923 g/mol. The topological polar surface area (TPSA) is 41.1 Å². The van der Waals surface area contributed by atoms with E-state index in [0.717, 1.165) is 102 Å². The summed E-state index contributed by atoms with van der Waals surface area (Å²) in [5, 5.41) is 9.50. The van der Waals surface area contributed by atoms with Gasteiger partial charge in [-0.1, -0.05) is 110 Å². The van der Waals surface area contributed by atoms with E-state index < -0.39 is 0 Å². The van der Waals surface area contributed by atoms with Gasteiger partial charge in [0.05, 0.1) is 22.1 Å². The molecule has 5 heterocycles. The molecule has 0 radical (unpaired) electrons. The maximum absolute atomic E-state index is 6.62. The molecule has 2 aliphatic rings. The summed E-state index contributed by atoms with van der Waals surface area (Å²) in [4.78, 5) is 0. The third kappa shape index (κ3) is 5.70. The van der Waals surface area contributed by atoms with Crippen LogP contribution >= 0.6 is 0 Å². The van der Waals surface area contributed by atoms with Gasteiger partial charge in [-0.05, 0) is 162 Å². The van der Waals surface area contributed by atoms with Gasteiger partial charge in [-0.15, -0.1) is 0 Å². The highest BCUT2D eigenvalue weighted by molar-refractivity contribution is 6.12. The quantitative estimate of drug-likeness (QED) is 0.173. The molecule has 0 saturated carbocycles. The van der Waals surface area contributed by atoms with E-state index in [2.05, 4.69) is 233 Å². The maximum Gasteiger partial charge on any atom is 0.135 e. The first-order valence-electron chi connectivity index (χ1n) is 25.3. The Morgan fingerprint density at radius 3 is 1.50 bits per heavy atom. The molecule has 9 aromatic carbocycles. The van der Waals surface area contributed by atoms with Gasteiger partial charge in [0.25, 0.3) is 0 Å². The molecule has 0 N–H and O–H groups in total. The molecular formula is C67H45N3O2. The Balaban J connectivity index is 0.890. The number of benzene rings is 9. The van der Waals surface area contributed by atoms with Gasteiger partial charge in [-0.25, -0.2) is 0 Å². The third-order valence-electron chi connectivity index (χ3n) is 15.9. The fourth-order valence-electron chi connectivity index (χ4n) is 12.7. The zero-order chi connectivity index (χ0) is 47.2. The Morgan fingerprint density at radius 2 is 0.889 bits per heavy atom. The van der Waals surface area contributed by atoms with Gasteiger partial charge in [0.1, 0.15) is 22.3 Å². The van der Waals surface area contributed by atoms with Crippen LogP contribution in [0.4, 0.5) is 0 Å². The van der Waals surface area contributed by atoms with Crippen LogP contribution in [0, 0.1) is 0 Å². The van der Waals surface area contributed by atoms with E-state index in [1.165, 1.54) is 66.1 Å². The van der Waals surface area contributed by atoms with Gasteiger partial charge in [-0.2, -0.15) is 0 Å². The van der Waals surface area contributed by atoms with Gasteiger partial charge in [-0.3, -0.25) is 0 Å². The van der Waals surface area contributed by atoms with Crippen molar-refractivity contribution < 1.29 is 8.83 Å². The molecule has 5 nitrogen and oxygen atoms in total. The minimum absolute atomic E-state index is 0.454. The minimum atomic E-state index is 0.454. The van der Waals surface area contributed by atoms with Crippen molar-refractivity contribution in [3.63, 3.8) is 0 Å².